The molecule has 0 aromatic rings. The molecule has 0 radical (unpaired) electrons. The molecule has 124 valence electrons. The molecule has 22 heavy (non-hydrogen) atoms. The Bertz CT molecular complexity index is 428. The summed E-state index contributed by atoms with van der Waals surface area (Å²) in [5, 5.41) is 3.11. The van der Waals surface area contributed by atoms with E-state index in [0.29, 0.717) is 26.1 Å². The molecular formula is C17H29N3O2. The first-order valence-corrected chi connectivity index (χ1v) is 8.32. The Labute approximate surface area is 133 Å². The lowest BCUT2D eigenvalue weighted by molar-refractivity contribution is -0.128. The quantitative estimate of drug-likeness (QED) is 0.755. The van der Waals surface area contributed by atoms with Crippen LogP contribution in [0.3, 0.4) is 0 Å². The molecule has 2 amide bonds. The van der Waals surface area contributed by atoms with E-state index in [1.54, 1.807) is 11.0 Å². The number of carbonyl (C=O) groups excluding carboxylic acids is 2. The third-order valence-corrected chi connectivity index (χ3v) is 5.26. The van der Waals surface area contributed by atoms with Gasteiger partial charge in [-0.15, -0.1) is 6.58 Å². The second-order valence-corrected chi connectivity index (χ2v) is 6.89. The summed E-state index contributed by atoms with van der Waals surface area (Å²) in [6, 6.07) is 0. The summed E-state index contributed by atoms with van der Waals surface area (Å²) >= 11 is 0. The summed E-state index contributed by atoms with van der Waals surface area (Å²) < 4.78 is 0. The third-order valence-electron chi connectivity index (χ3n) is 5.26. The van der Waals surface area contributed by atoms with Crippen molar-refractivity contribution in [1.82, 2.24) is 15.1 Å². The molecule has 2 aliphatic rings. The van der Waals surface area contributed by atoms with Crippen LogP contribution in [0.15, 0.2) is 12.7 Å². The Morgan fingerprint density at radius 3 is 2.68 bits per heavy atom. The van der Waals surface area contributed by atoms with Gasteiger partial charge in [0.25, 0.3) is 0 Å². The maximum absolute atomic E-state index is 12.4. The Kier molecular flexibility index (Phi) is 5.62. The lowest BCUT2D eigenvalue weighted by Crippen LogP contribution is -2.54. The zero-order chi connectivity index (χ0) is 16.2. The van der Waals surface area contributed by atoms with E-state index in [1.165, 1.54) is 19.3 Å². The molecule has 5 nitrogen and oxygen atoms in total. The van der Waals surface area contributed by atoms with Crippen molar-refractivity contribution in [3.63, 3.8) is 0 Å². The first-order chi connectivity index (χ1) is 10.5. The average Bonchev–Trinajstić information content (AvgIpc) is 2.87. The summed E-state index contributed by atoms with van der Waals surface area (Å²) in [5.74, 6) is -0.137. The fraction of sp³-hybridized carbons (Fsp3) is 0.765. The second-order valence-electron chi connectivity index (χ2n) is 6.89. The Morgan fingerprint density at radius 1 is 1.41 bits per heavy atom. The van der Waals surface area contributed by atoms with Crippen LogP contribution in [0.5, 0.6) is 0 Å². The van der Waals surface area contributed by atoms with Crippen molar-refractivity contribution in [3.8, 4) is 0 Å². The molecule has 0 aromatic carbocycles. The molecule has 1 atom stereocenters. The molecular weight excluding hydrogens is 278 g/mol. The fourth-order valence-corrected chi connectivity index (χ4v) is 3.67. The molecule has 1 saturated heterocycles. The first-order valence-electron chi connectivity index (χ1n) is 8.32. The van der Waals surface area contributed by atoms with Gasteiger partial charge in [-0.3, -0.25) is 9.59 Å². The van der Waals surface area contributed by atoms with Gasteiger partial charge in [0.1, 0.15) is 0 Å². The molecule has 0 aromatic heterocycles. The number of hydrogen-bond donors (Lipinski definition) is 1. The smallest absolute Gasteiger partial charge is 0.225 e. The third kappa shape index (κ3) is 3.69. The Morgan fingerprint density at radius 2 is 2.09 bits per heavy atom. The predicted molar refractivity (Wildman–Crippen MR) is 87.4 cm³/mol. The van der Waals surface area contributed by atoms with Crippen LogP contribution in [0.25, 0.3) is 0 Å². The van der Waals surface area contributed by atoms with Crippen LogP contribution < -0.4 is 5.32 Å². The van der Waals surface area contributed by atoms with Crippen LogP contribution >= 0.6 is 0 Å². The number of carbonyl (C=O) groups is 2. The van der Waals surface area contributed by atoms with Crippen LogP contribution in [-0.2, 0) is 9.59 Å². The maximum atomic E-state index is 12.4. The minimum atomic E-state index is -0.213. The van der Waals surface area contributed by atoms with Crippen LogP contribution in [0.1, 0.15) is 38.5 Å². The zero-order valence-corrected chi connectivity index (χ0v) is 13.9. The second kappa shape index (κ2) is 7.27. The van der Waals surface area contributed by atoms with Crippen molar-refractivity contribution in [1.29, 1.82) is 0 Å². The molecule has 1 N–H and O–H groups in total. The lowest BCUT2D eigenvalue weighted by Gasteiger charge is -2.43. The van der Waals surface area contributed by atoms with Crippen molar-refractivity contribution in [3.05, 3.63) is 12.7 Å². The number of rotatable bonds is 6. The SMILES string of the molecule is C=CCN1CC(C(=O)NCC2(N(C)C)CCCCC2)CC1=O. The Balaban J connectivity index is 1.89. The molecule has 0 bridgehead atoms. The summed E-state index contributed by atoms with van der Waals surface area (Å²) in [4.78, 5) is 28.2. The number of amides is 2. The van der Waals surface area contributed by atoms with Gasteiger partial charge in [0.05, 0.1) is 5.92 Å². The van der Waals surface area contributed by atoms with E-state index in [1.807, 2.05) is 0 Å². The molecule has 0 spiro atoms. The van der Waals surface area contributed by atoms with Gasteiger partial charge in [0, 0.05) is 31.6 Å². The topological polar surface area (TPSA) is 52.7 Å². The molecule has 1 saturated carbocycles. The molecule has 5 heteroatoms. The number of nitrogens with zero attached hydrogens (tertiary/aromatic N) is 2. The monoisotopic (exact) mass is 307 g/mol. The normalized spacial score (nSPS) is 24.6. The van der Waals surface area contributed by atoms with E-state index >= 15 is 0 Å². The van der Waals surface area contributed by atoms with Crippen molar-refractivity contribution >= 4 is 11.8 Å². The standard InChI is InChI=1S/C17H29N3O2/c1-4-10-20-12-14(11-15(20)21)16(22)18-13-17(19(2)3)8-6-5-7-9-17/h4,14H,1,5-13H2,2-3H3,(H,18,22). The van der Waals surface area contributed by atoms with Gasteiger partial charge in [0.2, 0.25) is 11.8 Å². The minimum absolute atomic E-state index is 0.0201. The van der Waals surface area contributed by atoms with Gasteiger partial charge in [-0.2, -0.15) is 0 Å². The lowest BCUT2D eigenvalue weighted by atomic mass is 9.80. The van der Waals surface area contributed by atoms with Crippen molar-refractivity contribution < 1.29 is 9.59 Å². The van der Waals surface area contributed by atoms with Gasteiger partial charge in [-0.05, 0) is 26.9 Å². The van der Waals surface area contributed by atoms with Crippen LogP contribution in [-0.4, -0.2) is 60.9 Å². The van der Waals surface area contributed by atoms with Crippen LogP contribution in [0.4, 0.5) is 0 Å². The fourth-order valence-electron chi connectivity index (χ4n) is 3.67. The molecule has 2 rings (SSSR count). The van der Waals surface area contributed by atoms with Gasteiger partial charge < -0.3 is 15.1 Å². The predicted octanol–water partition coefficient (Wildman–Crippen LogP) is 1.40. The summed E-state index contributed by atoms with van der Waals surface area (Å²) in [5.41, 5.74) is 0.0807. The number of likely N-dealkylation sites (tertiary alicyclic amines) is 1. The van der Waals surface area contributed by atoms with Crippen molar-refractivity contribution in [2.45, 2.75) is 44.1 Å². The maximum Gasteiger partial charge on any atom is 0.225 e. The summed E-state index contributed by atoms with van der Waals surface area (Å²) in [6.07, 6.45) is 8.04. The van der Waals surface area contributed by atoms with E-state index in [0.717, 1.165) is 12.8 Å². The molecule has 1 aliphatic heterocycles. The number of hydrogen-bond acceptors (Lipinski definition) is 3. The van der Waals surface area contributed by atoms with Crippen LogP contribution in [0.2, 0.25) is 0 Å². The largest absolute Gasteiger partial charge is 0.354 e. The number of likely N-dealkylation sites (N-methyl/N-ethyl adjacent to an activating group) is 1. The molecule has 1 heterocycles. The highest BCUT2D eigenvalue weighted by atomic mass is 16.2. The van der Waals surface area contributed by atoms with Crippen molar-refractivity contribution in [2.24, 2.45) is 5.92 Å². The first kappa shape index (κ1) is 17.0. The number of nitrogens with one attached hydrogen (secondary N) is 1. The summed E-state index contributed by atoms with van der Waals surface area (Å²) in [6.45, 7) is 5.39. The van der Waals surface area contributed by atoms with Gasteiger partial charge >= 0.3 is 0 Å². The summed E-state index contributed by atoms with van der Waals surface area (Å²) in [7, 11) is 4.20. The zero-order valence-electron chi connectivity index (χ0n) is 13.9. The molecule has 1 unspecified atom stereocenters. The van der Waals surface area contributed by atoms with Gasteiger partial charge in [-0.25, -0.2) is 0 Å². The average molecular weight is 307 g/mol. The van der Waals surface area contributed by atoms with E-state index in [-0.39, 0.29) is 23.3 Å². The minimum Gasteiger partial charge on any atom is -0.354 e. The highest BCUT2D eigenvalue weighted by molar-refractivity contribution is 5.89. The Hall–Kier alpha value is -1.36. The van der Waals surface area contributed by atoms with Crippen molar-refractivity contribution in [2.75, 3.05) is 33.7 Å². The van der Waals surface area contributed by atoms with E-state index in [4.69, 9.17) is 0 Å². The van der Waals surface area contributed by atoms with E-state index in [2.05, 4.69) is 30.9 Å². The molecule has 1 aliphatic carbocycles. The highest BCUT2D eigenvalue weighted by Gasteiger charge is 2.37. The van der Waals surface area contributed by atoms with E-state index < -0.39 is 0 Å². The van der Waals surface area contributed by atoms with Gasteiger partial charge in [-0.1, -0.05) is 25.3 Å². The van der Waals surface area contributed by atoms with Crippen LogP contribution in [0, 0.1) is 5.92 Å². The van der Waals surface area contributed by atoms with E-state index in [9.17, 15) is 9.59 Å². The highest BCUT2D eigenvalue weighted by Crippen LogP contribution is 2.31. The molecule has 2 fully saturated rings. The van der Waals surface area contributed by atoms with Gasteiger partial charge in [0.15, 0.2) is 0 Å².